The molecule has 0 saturated heterocycles. The molecule has 1 fully saturated rings. The number of nitrogens with zero attached hydrogens (tertiary/aromatic N) is 3. The van der Waals surface area contributed by atoms with Gasteiger partial charge in [-0.1, -0.05) is 39.2 Å². The van der Waals surface area contributed by atoms with Gasteiger partial charge in [0.15, 0.2) is 11.6 Å². The van der Waals surface area contributed by atoms with Crippen molar-refractivity contribution in [1.82, 2.24) is 9.97 Å². The van der Waals surface area contributed by atoms with Crippen molar-refractivity contribution in [2.75, 3.05) is 30.5 Å². The van der Waals surface area contributed by atoms with Crippen LogP contribution >= 0.6 is 0 Å². The van der Waals surface area contributed by atoms with Gasteiger partial charge in [-0.2, -0.15) is 0 Å². The number of aromatic nitrogens is 2. The average molecular weight is 367 g/mol. The lowest BCUT2D eigenvalue weighted by Crippen LogP contribution is -2.30. The number of anilines is 2. The Kier molecular flexibility index (Phi) is 5.19. The van der Waals surface area contributed by atoms with Crippen LogP contribution in [0.15, 0.2) is 24.4 Å². The van der Waals surface area contributed by atoms with Gasteiger partial charge in [0.25, 0.3) is 0 Å². The molecule has 2 heterocycles. The molecule has 0 amide bonds. The molecule has 2 aromatic rings. The summed E-state index contributed by atoms with van der Waals surface area (Å²) in [4.78, 5) is 12.0. The highest BCUT2D eigenvalue weighted by Gasteiger charge is 2.26. The molecule has 0 bridgehead atoms. The fourth-order valence-corrected chi connectivity index (χ4v) is 4.22. The van der Waals surface area contributed by atoms with Crippen LogP contribution in [-0.4, -0.2) is 30.3 Å². The number of methoxy groups -OCH3 is 1. The molecule has 0 unspecified atom stereocenters. The van der Waals surface area contributed by atoms with Crippen LogP contribution in [0.4, 0.5) is 11.6 Å². The molecule has 1 aromatic carbocycles. The maximum absolute atomic E-state index is 5.61. The van der Waals surface area contributed by atoms with Crippen LogP contribution in [-0.2, 0) is 0 Å². The normalized spacial score (nSPS) is 17.1. The first-order chi connectivity index (χ1) is 13.2. The highest BCUT2D eigenvalue weighted by Crippen LogP contribution is 2.36. The second-order valence-electron chi connectivity index (χ2n) is 8.10. The van der Waals surface area contributed by atoms with Gasteiger partial charge in [0, 0.05) is 12.1 Å². The van der Waals surface area contributed by atoms with Gasteiger partial charge in [-0.15, -0.1) is 0 Å². The number of nitrogens with one attached hydrogen (secondary N) is 1. The number of hydrogen-bond donors (Lipinski definition) is 1. The number of benzene rings is 1. The summed E-state index contributed by atoms with van der Waals surface area (Å²) in [7, 11) is 1.71. The van der Waals surface area contributed by atoms with Gasteiger partial charge in [-0.25, -0.2) is 9.97 Å². The summed E-state index contributed by atoms with van der Waals surface area (Å²) in [5.41, 5.74) is 3.18. The van der Waals surface area contributed by atoms with Crippen molar-refractivity contribution in [3.63, 3.8) is 0 Å². The molecule has 1 aliphatic heterocycles. The average Bonchev–Trinajstić information content (AvgIpc) is 3.10. The summed E-state index contributed by atoms with van der Waals surface area (Å²) >= 11 is 0. The van der Waals surface area contributed by atoms with Gasteiger partial charge in [-0.3, -0.25) is 0 Å². The lowest BCUT2D eigenvalue weighted by molar-refractivity contribution is 0.360. The van der Waals surface area contributed by atoms with E-state index in [0.717, 1.165) is 47.8 Å². The fraction of sp³-hybridized carbons (Fsp3) is 0.545. The zero-order valence-corrected chi connectivity index (χ0v) is 16.7. The third kappa shape index (κ3) is 3.73. The minimum Gasteiger partial charge on any atom is -0.496 e. The van der Waals surface area contributed by atoms with Crippen molar-refractivity contribution in [3.05, 3.63) is 30.0 Å². The van der Waals surface area contributed by atoms with Crippen molar-refractivity contribution >= 4 is 11.6 Å². The number of fused-ring (bicyclic) bond motifs is 1. The highest BCUT2D eigenvalue weighted by atomic mass is 16.5. The minimum absolute atomic E-state index is 0.460. The van der Waals surface area contributed by atoms with Crippen LogP contribution in [0.2, 0.25) is 0 Å². The Labute approximate surface area is 162 Å². The van der Waals surface area contributed by atoms with E-state index in [1.165, 1.54) is 37.7 Å². The predicted molar refractivity (Wildman–Crippen MR) is 111 cm³/mol. The molecule has 0 atom stereocenters. The smallest absolute Gasteiger partial charge is 0.173 e. The van der Waals surface area contributed by atoms with Gasteiger partial charge in [0.1, 0.15) is 5.75 Å². The van der Waals surface area contributed by atoms with E-state index in [0.29, 0.717) is 5.92 Å². The van der Waals surface area contributed by atoms with Gasteiger partial charge >= 0.3 is 0 Å². The van der Waals surface area contributed by atoms with E-state index in [9.17, 15) is 0 Å². The van der Waals surface area contributed by atoms with Crippen molar-refractivity contribution in [3.8, 4) is 17.0 Å². The van der Waals surface area contributed by atoms with E-state index < -0.39 is 0 Å². The van der Waals surface area contributed by atoms with E-state index in [1.807, 2.05) is 12.3 Å². The topological polar surface area (TPSA) is 50.3 Å². The largest absolute Gasteiger partial charge is 0.496 e. The summed E-state index contributed by atoms with van der Waals surface area (Å²) < 4.78 is 5.61. The van der Waals surface area contributed by atoms with E-state index >= 15 is 0 Å². The molecule has 0 spiro atoms. The van der Waals surface area contributed by atoms with Crippen LogP contribution in [0.5, 0.6) is 5.75 Å². The molecule has 1 saturated carbocycles. The summed E-state index contributed by atoms with van der Waals surface area (Å²) in [6.07, 6.45) is 8.65. The maximum Gasteiger partial charge on any atom is 0.173 e. The second kappa shape index (κ2) is 7.75. The van der Waals surface area contributed by atoms with Crippen LogP contribution < -0.4 is 15.0 Å². The molecule has 2 aliphatic rings. The Bertz CT molecular complexity index is 799. The molecular formula is C22H30N4O. The van der Waals surface area contributed by atoms with E-state index in [4.69, 9.17) is 9.72 Å². The molecule has 1 N–H and O–H groups in total. The van der Waals surface area contributed by atoms with Gasteiger partial charge in [0.05, 0.1) is 25.7 Å². The number of rotatable bonds is 5. The minimum atomic E-state index is 0.460. The Balaban J connectivity index is 1.64. The lowest BCUT2D eigenvalue weighted by Gasteiger charge is -2.27. The van der Waals surface area contributed by atoms with Crippen molar-refractivity contribution in [1.29, 1.82) is 0 Å². The SMILES string of the molecule is COc1ccc(C(C)C)cc1-c1cnc2c(n1)N(CC1CCCCC1)CN2. The predicted octanol–water partition coefficient (Wildman–Crippen LogP) is 5.05. The van der Waals surface area contributed by atoms with Gasteiger partial charge in [0.2, 0.25) is 0 Å². The number of hydrogen-bond acceptors (Lipinski definition) is 5. The Morgan fingerprint density at radius 1 is 1.22 bits per heavy atom. The highest BCUT2D eigenvalue weighted by molar-refractivity contribution is 5.74. The Morgan fingerprint density at radius 2 is 2.04 bits per heavy atom. The molecule has 5 nitrogen and oxygen atoms in total. The first-order valence-corrected chi connectivity index (χ1v) is 10.2. The standard InChI is InChI=1S/C22H30N4O/c1-15(2)17-9-10-20(27-3)18(11-17)19-12-23-21-22(25-19)26(14-24-21)13-16-7-5-4-6-8-16/h9-12,15-16H,4-8,13-14H2,1-3H3,(H,23,24). The summed E-state index contributed by atoms with van der Waals surface area (Å²) in [5.74, 6) is 3.96. The Morgan fingerprint density at radius 3 is 2.78 bits per heavy atom. The van der Waals surface area contributed by atoms with Crippen molar-refractivity contribution in [2.24, 2.45) is 5.92 Å². The molecule has 5 heteroatoms. The van der Waals surface area contributed by atoms with Crippen LogP contribution in [0.25, 0.3) is 11.3 Å². The summed E-state index contributed by atoms with van der Waals surface area (Å²) in [6, 6.07) is 6.36. The van der Waals surface area contributed by atoms with Crippen molar-refractivity contribution in [2.45, 2.75) is 51.9 Å². The molecule has 144 valence electrons. The first kappa shape index (κ1) is 18.1. The maximum atomic E-state index is 5.61. The van der Waals surface area contributed by atoms with Gasteiger partial charge in [-0.05, 0) is 42.4 Å². The monoisotopic (exact) mass is 366 g/mol. The van der Waals surface area contributed by atoms with Crippen molar-refractivity contribution < 1.29 is 4.74 Å². The zero-order chi connectivity index (χ0) is 18.8. The second-order valence-corrected chi connectivity index (χ2v) is 8.10. The van der Waals surface area contributed by atoms with Crippen LogP contribution in [0, 0.1) is 5.92 Å². The summed E-state index contributed by atoms with van der Waals surface area (Å²) in [6.45, 7) is 6.28. The first-order valence-electron chi connectivity index (χ1n) is 10.2. The molecule has 4 rings (SSSR count). The van der Waals surface area contributed by atoms with E-state index in [2.05, 4.69) is 41.2 Å². The number of ether oxygens (including phenoxy) is 1. The third-order valence-corrected chi connectivity index (χ3v) is 5.86. The molecule has 0 radical (unpaired) electrons. The molecule has 1 aromatic heterocycles. The molecule has 1 aliphatic carbocycles. The van der Waals surface area contributed by atoms with E-state index in [-0.39, 0.29) is 0 Å². The lowest BCUT2D eigenvalue weighted by atomic mass is 9.89. The van der Waals surface area contributed by atoms with Crippen LogP contribution in [0.1, 0.15) is 57.4 Å². The Hall–Kier alpha value is -2.30. The molecule has 27 heavy (non-hydrogen) atoms. The fourth-order valence-electron chi connectivity index (χ4n) is 4.22. The third-order valence-electron chi connectivity index (χ3n) is 5.86. The molecular weight excluding hydrogens is 336 g/mol. The quantitative estimate of drug-likeness (QED) is 0.803. The zero-order valence-electron chi connectivity index (χ0n) is 16.7. The van der Waals surface area contributed by atoms with Gasteiger partial charge < -0.3 is 15.0 Å². The van der Waals surface area contributed by atoms with E-state index in [1.54, 1.807) is 7.11 Å². The van der Waals surface area contributed by atoms with Crippen LogP contribution in [0.3, 0.4) is 0 Å². The summed E-state index contributed by atoms with van der Waals surface area (Å²) in [5, 5.41) is 3.40.